The van der Waals surface area contributed by atoms with Crippen LogP contribution in [0.3, 0.4) is 0 Å². The van der Waals surface area contributed by atoms with Gasteiger partial charge in [-0.15, -0.1) is 0 Å². The molecule has 27 heavy (non-hydrogen) atoms. The Balaban J connectivity index is 1.69. The Labute approximate surface area is 159 Å². The average molecular weight is 370 g/mol. The minimum atomic E-state index is -0.508. The number of amides is 2. The summed E-state index contributed by atoms with van der Waals surface area (Å²) in [6, 6.07) is 11.4. The molecule has 0 aromatic heterocycles. The third-order valence-corrected chi connectivity index (χ3v) is 5.10. The van der Waals surface area contributed by atoms with E-state index in [1.165, 1.54) is 6.07 Å². The van der Waals surface area contributed by atoms with Gasteiger partial charge in [0.25, 0.3) is 0 Å². The van der Waals surface area contributed by atoms with Crippen LogP contribution < -0.4 is 16.1 Å². The number of hydrogen-bond acceptors (Lipinski definition) is 3. The molecule has 0 saturated carbocycles. The van der Waals surface area contributed by atoms with E-state index in [-0.39, 0.29) is 5.82 Å². The number of hydrogen-bond donors (Lipinski definition) is 2. The standard InChI is InChI=1S/C20H24BFN2O3/c1-13-9-10-16(12-17(13)22)24-18(25)23-15-8-6-7-14(11-15)21-26-19(2,3)20(4,5)27-21/h6-12H,1-5H3,(H2,23,24,25). The number of carbonyl (C=O) groups is 1. The van der Waals surface area contributed by atoms with Crippen LogP contribution >= 0.6 is 0 Å². The Morgan fingerprint density at radius 3 is 2.15 bits per heavy atom. The first-order chi connectivity index (χ1) is 12.6. The van der Waals surface area contributed by atoms with E-state index in [0.29, 0.717) is 16.9 Å². The highest BCUT2D eigenvalue weighted by molar-refractivity contribution is 6.62. The third kappa shape index (κ3) is 4.15. The maximum atomic E-state index is 13.6. The lowest BCUT2D eigenvalue weighted by Crippen LogP contribution is -2.41. The third-order valence-electron chi connectivity index (χ3n) is 5.10. The number of nitrogens with one attached hydrogen (secondary N) is 2. The number of halogens is 1. The minimum Gasteiger partial charge on any atom is -0.399 e. The predicted molar refractivity (Wildman–Crippen MR) is 106 cm³/mol. The molecule has 0 radical (unpaired) electrons. The molecule has 1 saturated heterocycles. The Kier molecular flexibility index (Phi) is 5.01. The van der Waals surface area contributed by atoms with Crippen molar-refractivity contribution in [3.63, 3.8) is 0 Å². The summed E-state index contributed by atoms with van der Waals surface area (Å²) in [5.74, 6) is -0.365. The second-order valence-corrected chi connectivity index (χ2v) is 7.76. The largest absolute Gasteiger partial charge is 0.494 e. The van der Waals surface area contributed by atoms with E-state index < -0.39 is 24.4 Å². The Morgan fingerprint density at radius 2 is 1.56 bits per heavy atom. The zero-order chi connectivity index (χ0) is 19.8. The van der Waals surface area contributed by atoms with Gasteiger partial charge >= 0.3 is 13.1 Å². The van der Waals surface area contributed by atoms with Crippen molar-refractivity contribution in [1.29, 1.82) is 0 Å². The highest BCUT2D eigenvalue weighted by atomic mass is 19.1. The van der Waals surface area contributed by atoms with Crippen LogP contribution in [0.4, 0.5) is 20.6 Å². The smallest absolute Gasteiger partial charge is 0.399 e. The lowest BCUT2D eigenvalue weighted by Gasteiger charge is -2.32. The normalized spacial score (nSPS) is 17.6. The van der Waals surface area contributed by atoms with Gasteiger partial charge in [-0.1, -0.05) is 18.2 Å². The summed E-state index contributed by atoms with van der Waals surface area (Å²) in [5.41, 5.74) is 1.44. The Bertz CT molecular complexity index is 854. The predicted octanol–water partition coefficient (Wildman–Crippen LogP) is 4.08. The molecule has 0 aliphatic carbocycles. The van der Waals surface area contributed by atoms with Gasteiger partial charge in [-0.2, -0.15) is 0 Å². The second-order valence-electron chi connectivity index (χ2n) is 7.76. The van der Waals surface area contributed by atoms with Crippen LogP contribution in [0, 0.1) is 12.7 Å². The summed E-state index contributed by atoms with van der Waals surface area (Å²) in [5, 5.41) is 5.37. The maximum Gasteiger partial charge on any atom is 0.494 e. The van der Waals surface area contributed by atoms with Crippen molar-refractivity contribution in [2.45, 2.75) is 45.8 Å². The number of rotatable bonds is 3. The van der Waals surface area contributed by atoms with E-state index in [9.17, 15) is 9.18 Å². The topological polar surface area (TPSA) is 59.6 Å². The first kappa shape index (κ1) is 19.4. The molecule has 2 N–H and O–H groups in total. The van der Waals surface area contributed by atoms with Gasteiger partial charge in [0.15, 0.2) is 0 Å². The van der Waals surface area contributed by atoms with E-state index in [1.54, 1.807) is 31.2 Å². The van der Waals surface area contributed by atoms with Crippen LogP contribution in [0.5, 0.6) is 0 Å². The lowest BCUT2D eigenvalue weighted by atomic mass is 9.79. The van der Waals surface area contributed by atoms with Crippen molar-refractivity contribution in [2.75, 3.05) is 10.6 Å². The molecule has 2 aromatic rings. The van der Waals surface area contributed by atoms with Gasteiger partial charge in [0.2, 0.25) is 0 Å². The van der Waals surface area contributed by atoms with Crippen LogP contribution in [0.25, 0.3) is 0 Å². The molecule has 7 heteroatoms. The SMILES string of the molecule is Cc1ccc(NC(=O)Nc2cccc(B3OC(C)(C)C(C)(C)O3)c2)cc1F. The summed E-state index contributed by atoms with van der Waals surface area (Å²) in [6.07, 6.45) is 0. The van der Waals surface area contributed by atoms with Gasteiger partial charge in [0.05, 0.1) is 11.2 Å². The first-order valence-corrected chi connectivity index (χ1v) is 8.87. The fourth-order valence-corrected chi connectivity index (χ4v) is 2.71. The molecule has 1 fully saturated rings. The molecule has 142 valence electrons. The van der Waals surface area contributed by atoms with E-state index in [0.717, 1.165) is 5.46 Å². The monoisotopic (exact) mass is 370 g/mol. The second kappa shape index (κ2) is 6.98. The van der Waals surface area contributed by atoms with Gasteiger partial charge in [-0.25, -0.2) is 9.18 Å². The Morgan fingerprint density at radius 1 is 0.963 bits per heavy atom. The molecule has 2 amide bonds. The molecule has 0 unspecified atom stereocenters. The van der Waals surface area contributed by atoms with Crippen molar-refractivity contribution < 1.29 is 18.5 Å². The number of aryl methyl sites for hydroxylation is 1. The summed E-state index contributed by atoms with van der Waals surface area (Å²) in [7, 11) is -0.508. The van der Waals surface area contributed by atoms with Crippen LogP contribution in [-0.4, -0.2) is 24.4 Å². The molecular formula is C20H24BFN2O3. The number of carbonyl (C=O) groups excluding carboxylic acids is 1. The molecular weight excluding hydrogens is 346 g/mol. The average Bonchev–Trinajstić information content (AvgIpc) is 2.79. The molecule has 1 heterocycles. The van der Waals surface area contributed by atoms with Gasteiger partial charge in [0.1, 0.15) is 5.82 Å². The van der Waals surface area contributed by atoms with Gasteiger partial charge in [0, 0.05) is 11.4 Å². The van der Waals surface area contributed by atoms with Crippen molar-refractivity contribution in [2.24, 2.45) is 0 Å². The minimum absolute atomic E-state index is 0.365. The summed E-state index contributed by atoms with van der Waals surface area (Å²) >= 11 is 0. The number of anilines is 2. The van der Waals surface area contributed by atoms with Gasteiger partial charge in [-0.3, -0.25) is 0 Å². The van der Waals surface area contributed by atoms with E-state index in [2.05, 4.69) is 10.6 Å². The summed E-state index contributed by atoms with van der Waals surface area (Å²) in [4.78, 5) is 12.2. The summed E-state index contributed by atoms with van der Waals surface area (Å²) in [6.45, 7) is 9.62. The van der Waals surface area contributed by atoms with Crippen LogP contribution in [0.15, 0.2) is 42.5 Å². The molecule has 1 aliphatic rings. The van der Waals surface area contributed by atoms with E-state index >= 15 is 0 Å². The fraction of sp³-hybridized carbons (Fsp3) is 0.350. The van der Waals surface area contributed by atoms with E-state index in [1.807, 2.05) is 39.8 Å². The highest BCUT2D eigenvalue weighted by Gasteiger charge is 2.51. The molecule has 3 rings (SSSR count). The fourth-order valence-electron chi connectivity index (χ4n) is 2.71. The van der Waals surface area contributed by atoms with E-state index in [4.69, 9.17) is 9.31 Å². The first-order valence-electron chi connectivity index (χ1n) is 8.87. The molecule has 0 atom stereocenters. The Hall–Kier alpha value is -2.38. The van der Waals surface area contributed by atoms with Gasteiger partial charge in [-0.05, 0) is 69.9 Å². The van der Waals surface area contributed by atoms with Crippen LogP contribution in [0.1, 0.15) is 33.3 Å². The van der Waals surface area contributed by atoms with Crippen molar-refractivity contribution in [3.8, 4) is 0 Å². The van der Waals surface area contributed by atoms with Crippen LogP contribution in [0.2, 0.25) is 0 Å². The molecule has 2 aromatic carbocycles. The van der Waals surface area contributed by atoms with Crippen LogP contribution in [-0.2, 0) is 9.31 Å². The zero-order valence-electron chi connectivity index (χ0n) is 16.2. The summed E-state index contributed by atoms with van der Waals surface area (Å²) < 4.78 is 25.7. The lowest BCUT2D eigenvalue weighted by molar-refractivity contribution is 0.00578. The van der Waals surface area contributed by atoms with Crippen molar-refractivity contribution in [1.82, 2.24) is 0 Å². The van der Waals surface area contributed by atoms with Crippen molar-refractivity contribution in [3.05, 3.63) is 53.8 Å². The quantitative estimate of drug-likeness (QED) is 0.801. The highest BCUT2D eigenvalue weighted by Crippen LogP contribution is 2.36. The van der Waals surface area contributed by atoms with Gasteiger partial charge < -0.3 is 19.9 Å². The number of benzene rings is 2. The molecule has 0 spiro atoms. The maximum absolute atomic E-state index is 13.6. The molecule has 5 nitrogen and oxygen atoms in total. The zero-order valence-corrected chi connectivity index (χ0v) is 16.2. The molecule has 0 bridgehead atoms. The number of urea groups is 1. The van der Waals surface area contributed by atoms with Crippen molar-refractivity contribution >= 4 is 30.0 Å². The molecule has 1 aliphatic heterocycles.